The summed E-state index contributed by atoms with van der Waals surface area (Å²) in [6.07, 6.45) is -1.22. The Morgan fingerprint density at radius 3 is 2.62 bits per heavy atom. The van der Waals surface area contributed by atoms with E-state index < -0.39 is 12.0 Å². The quantitative estimate of drug-likeness (QED) is 0.516. The molecule has 0 saturated carbocycles. The minimum Gasteiger partial charge on any atom is -0.397 e. The highest BCUT2D eigenvalue weighted by Gasteiger charge is 2.19. The molecule has 1 rings (SSSR count). The Morgan fingerprint density at radius 1 is 1.62 bits per heavy atom. The fourth-order valence-electron chi connectivity index (χ4n) is 0.871. The van der Waals surface area contributed by atoms with Gasteiger partial charge in [-0.25, -0.2) is 13.8 Å². The van der Waals surface area contributed by atoms with E-state index >= 15 is 0 Å². The van der Waals surface area contributed by atoms with Gasteiger partial charge < -0.3 is 5.73 Å². The number of aromatic nitrogens is 1. The van der Waals surface area contributed by atoms with E-state index in [9.17, 15) is 13.6 Å². The van der Waals surface area contributed by atoms with E-state index in [1.165, 1.54) is 6.20 Å². The predicted molar refractivity (Wildman–Crippen MR) is 51.7 cm³/mol. The molecule has 6 heteroatoms. The number of hydrogen-bond donors (Lipinski definition) is 1. The minimum atomic E-state index is -2.73. The summed E-state index contributed by atoms with van der Waals surface area (Å²) in [6, 6.07) is 0. The first-order chi connectivity index (χ1) is 6.07. The fraction of sp³-hybridized carbons (Fsp3) is 0.143. The van der Waals surface area contributed by atoms with Crippen LogP contribution in [0.3, 0.4) is 0 Å². The van der Waals surface area contributed by atoms with Crippen LogP contribution >= 0.6 is 22.6 Å². The lowest BCUT2D eigenvalue weighted by Gasteiger charge is -2.07. The number of anilines is 1. The van der Waals surface area contributed by atoms with Gasteiger partial charge in [0, 0.05) is 0 Å². The zero-order valence-corrected chi connectivity index (χ0v) is 8.46. The fourth-order valence-corrected chi connectivity index (χ4v) is 1.54. The molecule has 0 amide bonds. The Kier molecular flexibility index (Phi) is 3.12. The van der Waals surface area contributed by atoms with E-state index in [0.29, 0.717) is 6.29 Å². The van der Waals surface area contributed by atoms with Gasteiger partial charge in [0.1, 0.15) is 3.70 Å². The van der Waals surface area contributed by atoms with Crippen LogP contribution in [0.5, 0.6) is 0 Å². The van der Waals surface area contributed by atoms with Crippen molar-refractivity contribution in [2.75, 3.05) is 5.73 Å². The Hall–Kier alpha value is -0.790. The van der Waals surface area contributed by atoms with Crippen molar-refractivity contribution in [1.82, 2.24) is 4.98 Å². The maximum Gasteiger partial charge on any atom is 0.267 e. The van der Waals surface area contributed by atoms with Crippen LogP contribution in [0, 0.1) is 3.70 Å². The highest BCUT2D eigenvalue weighted by atomic mass is 127. The molecule has 0 aliphatic heterocycles. The highest BCUT2D eigenvalue weighted by Crippen LogP contribution is 2.28. The Labute approximate surface area is 86.5 Å². The molecule has 70 valence electrons. The Bertz CT molecular complexity index is 344. The smallest absolute Gasteiger partial charge is 0.267 e. The molecule has 1 heterocycles. The van der Waals surface area contributed by atoms with Crippen LogP contribution in [0.2, 0.25) is 0 Å². The number of hydrogen-bond acceptors (Lipinski definition) is 3. The van der Waals surface area contributed by atoms with Gasteiger partial charge in [-0.1, -0.05) is 0 Å². The Morgan fingerprint density at radius 2 is 2.23 bits per heavy atom. The lowest BCUT2D eigenvalue weighted by atomic mass is 10.1. The van der Waals surface area contributed by atoms with E-state index in [2.05, 4.69) is 4.98 Å². The molecule has 1 aromatic heterocycles. The van der Waals surface area contributed by atoms with Crippen molar-refractivity contribution in [1.29, 1.82) is 0 Å². The van der Waals surface area contributed by atoms with E-state index in [-0.39, 0.29) is 15.0 Å². The first kappa shape index (κ1) is 10.3. The lowest BCUT2D eigenvalue weighted by Crippen LogP contribution is -2.04. The second-order valence-corrected chi connectivity index (χ2v) is 3.27. The molecule has 0 fully saturated rings. The SMILES string of the molecule is Nc1cnc(I)c(C(F)F)c1C=O. The van der Waals surface area contributed by atoms with E-state index in [4.69, 9.17) is 5.73 Å². The van der Waals surface area contributed by atoms with Gasteiger partial charge in [-0.2, -0.15) is 0 Å². The van der Waals surface area contributed by atoms with Gasteiger partial charge in [0.05, 0.1) is 23.0 Å². The molecule has 0 atom stereocenters. The van der Waals surface area contributed by atoms with Crippen molar-refractivity contribution in [3.05, 3.63) is 21.0 Å². The number of nitrogens with zero attached hydrogens (tertiary/aromatic N) is 1. The molecular formula is C7H5F2IN2O. The molecular weight excluding hydrogens is 293 g/mol. The number of rotatable bonds is 2. The standard InChI is InChI=1S/C7H5F2IN2O/c8-6(9)5-3(2-13)4(11)1-12-7(5)10/h1-2,6H,11H2. The zero-order valence-electron chi connectivity index (χ0n) is 6.30. The number of nitrogen functional groups attached to an aromatic ring is 1. The van der Waals surface area contributed by atoms with Crippen molar-refractivity contribution in [2.24, 2.45) is 0 Å². The number of halogens is 3. The first-order valence-electron chi connectivity index (χ1n) is 3.25. The zero-order chi connectivity index (χ0) is 10.0. The first-order valence-corrected chi connectivity index (χ1v) is 4.33. The number of pyridine rings is 1. The molecule has 1 aromatic rings. The molecule has 0 saturated heterocycles. The van der Waals surface area contributed by atoms with Crippen LogP contribution in [-0.2, 0) is 0 Å². The maximum absolute atomic E-state index is 12.4. The molecule has 0 aliphatic carbocycles. The highest BCUT2D eigenvalue weighted by molar-refractivity contribution is 14.1. The van der Waals surface area contributed by atoms with Gasteiger partial charge in [-0.3, -0.25) is 4.79 Å². The molecule has 0 radical (unpaired) electrons. The van der Waals surface area contributed by atoms with Gasteiger partial charge in [-0.15, -0.1) is 0 Å². The van der Waals surface area contributed by atoms with Crippen molar-refractivity contribution in [3.63, 3.8) is 0 Å². The summed E-state index contributed by atoms with van der Waals surface area (Å²) >= 11 is 1.64. The molecule has 0 aliphatic rings. The summed E-state index contributed by atoms with van der Waals surface area (Å²) in [6.45, 7) is 0. The average molecular weight is 298 g/mol. The topological polar surface area (TPSA) is 56.0 Å². The summed E-state index contributed by atoms with van der Waals surface area (Å²) in [5.41, 5.74) is 4.72. The number of alkyl halides is 2. The van der Waals surface area contributed by atoms with Crippen LogP contribution in [0.25, 0.3) is 0 Å². The van der Waals surface area contributed by atoms with Crippen molar-refractivity contribution in [3.8, 4) is 0 Å². The van der Waals surface area contributed by atoms with Crippen LogP contribution in [0.15, 0.2) is 6.20 Å². The van der Waals surface area contributed by atoms with Crippen molar-refractivity contribution < 1.29 is 13.6 Å². The summed E-state index contributed by atoms with van der Waals surface area (Å²) in [4.78, 5) is 14.1. The van der Waals surface area contributed by atoms with Crippen molar-refractivity contribution >= 4 is 34.6 Å². The third-order valence-corrected chi connectivity index (χ3v) is 2.34. The van der Waals surface area contributed by atoms with Crippen molar-refractivity contribution in [2.45, 2.75) is 6.43 Å². The van der Waals surface area contributed by atoms with Gasteiger partial charge in [0.2, 0.25) is 0 Å². The normalized spacial score (nSPS) is 10.5. The predicted octanol–water partition coefficient (Wildman–Crippen LogP) is 2.02. The van der Waals surface area contributed by atoms with Crippen LogP contribution < -0.4 is 5.73 Å². The molecule has 2 N–H and O–H groups in total. The number of carbonyl (C=O) groups excluding carboxylic acids is 1. The summed E-state index contributed by atoms with van der Waals surface area (Å²) < 4.78 is 24.9. The summed E-state index contributed by atoms with van der Waals surface area (Å²) in [5, 5.41) is 0. The van der Waals surface area contributed by atoms with E-state index in [1.807, 2.05) is 0 Å². The van der Waals surface area contributed by atoms with Gasteiger partial charge >= 0.3 is 0 Å². The minimum absolute atomic E-state index is 0.0225. The molecule has 0 unspecified atom stereocenters. The van der Waals surface area contributed by atoms with Crippen LogP contribution in [-0.4, -0.2) is 11.3 Å². The van der Waals surface area contributed by atoms with Crippen LogP contribution in [0.1, 0.15) is 22.3 Å². The monoisotopic (exact) mass is 298 g/mol. The van der Waals surface area contributed by atoms with Gasteiger partial charge in [0.25, 0.3) is 6.43 Å². The molecule has 3 nitrogen and oxygen atoms in total. The molecule has 0 bridgehead atoms. The largest absolute Gasteiger partial charge is 0.397 e. The van der Waals surface area contributed by atoms with Gasteiger partial charge in [0.15, 0.2) is 6.29 Å². The van der Waals surface area contributed by atoms with Gasteiger partial charge in [-0.05, 0) is 22.6 Å². The van der Waals surface area contributed by atoms with E-state index in [1.54, 1.807) is 22.6 Å². The average Bonchev–Trinajstić information content (AvgIpc) is 2.07. The summed E-state index contributed by atoms with van der Waals surface area (Å²) in [5.74, 6) is 0. The second-order valence-electron chi connectivity index (χ2n) is 2.25. The molecule has 0 aromatic carbocycles. The number of nitrogens with two attached hydrogens (primary N) is 1. The van der Waals surface area contributed by atoms with Crippen LogP contribution in [0.4, 0.5) is 14.5 Å². The third kappa shape index (κ3) is 1.93. The third-order valence-electron chi connectivity index (χ3n) is 1.48. The lowest BCUT2D eigenvalue weighted by molar-refractivity contribution is 0.110. The summed E-state index contributed by atoms with van der Waals surface area (Å²) in [7, 11) is 0. The Balaban J connectivity index is 3.43. The molecule has 0 spiro atoms. The second kappa shape index (κ2) is 3.95. The number of carbonyl (C=O) groups is 1. The number of aldehydes is 1. The van der Waals surface area contributed by atoms with E-state index in [0.717, 1.165) is 0 Å². The molecule has 13 heavy (non-hydrogen) atoms. The maximum atomic E-state index is 12.4.